The second kappa shape index (κ2) is 8.31. The molecule has 0 saturated carbocycles. The molecule has 0 fully saturated rings. The maximum Gasteiger partial charge on any atom is 0.351 e. The third-order valence-electron chi connectivity index (χ3n) is 10.1. The molecule has 0 bridgehead atoms. The number of rotatable bonds is 3. The van der Waals surface area contributed by atoms with Crippen LogP contribution in [0.5, 0.6) is 0 Å². The van der Waals surface area contributed by atoms with E-state index in [1.54, 1.807) is 0 Å². The van der Waals surface area contributed by atoms with Crippen LogP contribution in [0.25, 0.3) is 55.7 Å². The molecule has 2 aliphatic heterocycles. The molecule has 43 heavy (non-hydrogen) atoms. The molecule has 1 spiro atoms. The van der Waals surface area contributed by atoms with Gasteiger partial charge in [0.05, 0.1) is 6.20 Å². The summed E-state index contributed by atoms with van der Waals surface area (Å²) in [6, 6.07) is 24.0. The van der Waals surface area contributed by atoms with E-state index in [1.807, 2.05) is 25.4 Å². The average molecular weight is 565 g/mol. The van der Waals surface area contributed by atoms with Crippen LogP contribution in [0.2, 0.25) is 0 Å². The van der Waals surface area contributed by atoms with Crippen molar-refractivity contribution in [3.8, 4) is 22.8 Å². The molecule has 0 radical (unpaired) electrons. The molecule has 5 aromatic heterocycles. The molecule has 1 unspecified atom stereocenters. The van der Waals surface area contributed by atoms with E-state index in [1.165, 1.54) is 27.4 Å². The highest BCUT2D eigenvalue weighted by atomic mass is 15.5. The first-order valence-electron chi connectivity index (χ1n) is 15.3. The second-order valence-corrected chi connectivity index (χ2v) is 11.8. The highest BCUT2D eigenvalue weighted by Crippen LogP contribution is 2.53. The minimum atomic E-state index is -0.796. The van der Waals surface area contributed by atoms with E-state index < -0.39 is 11.2 Å². The largest absolute Gasteiger partial charge is 0.351 e. The number of aromatic nitrogens is 8. The monoisotopic (exact) mass is 564 g/mol. The molecule has 2 aromatic carbocycles. The lowest BCUT2D eigenvalue weighted by atomic mass is 9.72. The molecule has 7 aromatic rings. The molecule has 1 atom stereocenters. The van der Waals surface area contributed by atoms with Gasteiger partial charge in [0.25, 0.3) is 11.4 Å². The Morgan fingerprint density at radius 3 is 2.51 bits per heavy atom. The van der Waals surface area contributed by atoms with E-state index >= 15 is 0 Å². The van der Waals surface area contributed by atoms with Crippen LogP contribution in [0.15, 0.2) is 85.3 Å². The summed E-state index contributed by atoms with van der Waals surface area (Å²) in [6.07, 6.45) is 7.86. The van der Waals surface area contributed by atoms with Gasteiger partial charge in [-0.3, -0.25) is 0 Å². The first-order chi connectivity index (χ1) is 21.1. The molecule has 0 amide bonds. The van der Waals surface area contributed by atoms with Crippen LogP contribution in [-0.4, -0.2) is 29.3 Å². The molecule has 2 aliphatic rings. The summed E-state index contributed by atoms with van der Waals surface area (Å²) in [5, 5.41) is 7.77. The van der Waals surface area contributed by atoms with Crippen molar-refractivity contribution in [1.29, 1.82) is 0 Å². The summed E-state index contributed by atoms with van der Waals surface area (Å²) in [5.74, 6) is 1.61. The van der Waals surface area contributed by atoms with Crippen molar-refractivity contribution in [2.45, 2.75) is 58.3 Å². The fraction of sp³-hybridized carbons (Fsp3) is 0.257. The van der Waals surface area contributed by atoms with Gasteiger partial charge in [0.2, 0.25) is 11.4 Å². The van der Waals surface area contributed by atoms with Crippen molar-refractivity contribution in [2.24, 2.45) is 0 Å². The molecule has 0 aliphatic carbocycles. The molecule has 8 nitrogen and oxygen atoms in total. The topological polar surface area (TPSA) is 69.2 Å². The van der Waals surface area contributed by atoms with E-state index in [2.05, 4.69) is 106 Å². The van der Waals surface area contributed by atoms with E-state index in [0.717, 1.165) is 59.2 Å². The fourth-order valence-electron chi connectivity index (χ4n) is 8.46. The third kappa shape index (κ3) is 2.69. The van der Waals surface area contributed by atoms with Crippen molar-refractivity contribution >= 4 is 33.0 Å². The Balaban J connectivity index is 1.57. The Hall–Kier alpha value is -4.98. The Labute approximate surface area is 248 Å². The first-order valence-corrected chi connectivity index (χ1v) is 15.3. The summed E-state index contributed by atoms with van der Waals surface area (Å²) in [6.45, 7) is 9.71. The van der Waals surface area contributed by atoms with Gasteiger partial charge in [0, 0.05) is 64.5 Å². The third-order valence-corrected chi connectivity index (χ3v) is 10.1. The van der Waals surface area contributed by atoms with Crippen molar-refractivity contribution in [2.75, 3.05) is 0 Å². The standard InChI is InChI=1S/C35H32N8/c1-5-34(6-2)35(43-33(38-22(4)39-43)29-16-10-11-18-41(29)34)26-19-24-23-13-8-9-15-28(23)40(7-3)30(24)20-25(26)31-21-37-27-14-12-17-36-32(27)42(31)35/h8-21H,5-7H2,1-4H3/q+2. The number of aryl methyl sites for hydroxylation is 2. The normalized spacial score (nSPS) is 17.9. The lowest BCUT2D eigenvalue weighted by molar-refractivity contribution is -0.862. The van der Waals surface area contributed by atoms with Gasteiger partial charge in [-0.25, -0.2) is 9.97 Å². The number of para-hydroxylation sites is 1. The molecule has 9 rings (SSSR count). The van der Waals surface area contributed by atoms with Gasteiger partial charge in [-0.15, -0.1) is 0 Å². The van der Waals surface area contributed by atoms with Crippen LogP contribution in [0.4, 0.5) is 0 Å². The van der Waals surface area contributed by atoms with Crippen LogP contribution in [0.3, 0.4) is 0 Å². The van der Waals surface area contributed by atoms with Gasteiger partial charge in [-0.05, 0) is 55.2 Å². The Kier molecular flexibility index (Phi) is 4.76. The van der Waals surface area contributed by atoms with Crippen LogP contribution in [-0.2, 0) is 17.7 Å². The average Bonchev–Trinajstić information content (AvgIpc) is 3.69. The smallest absolute Gasteiger partial charge is 0.341 e. The Bertz CT molecular complexity index is 2290. The van der Waals surface area contributed by atoms with Gasteiger partial charge in [-0.1, -0.05) is 32.0 Å². The molecular formula is C35H32N8+2. The van der Waals surface area contributed by atoms with Crippen molar-refractivity contribution in [1.82, 2.24) is 29.3 Å². The van der Waals surface area contributed by atoms with Gasteiger partial charge < -0.3 is 4.57 Å². The molecule has 0 N–H and O–H groups in total. The molecule has 0 saturated heterocycles. The Morgan fingerprint density at radius 1 is 0.837 bits per heavy atom. The second-order valence-electron chi connectivity index (χ2n) is 11.8. The minimum absolute atomic E-state index is 0.440. The van der Waals surface area contributed by atoms with Crippen molar-refractivity contribution in [3.05, 3.63) is 96.7 Å². The van der Waals surface area contributed by atoms with Crippen LogP contribution in [0.1, 0.15) is 45.0 Å². The van der Waals surface area contributed by atoms with E-state index in [9.17, 15) is 0 Å². The number of hydrogen-bond donors (Lipinski definition) is 0. The number of nitrogens with zero attached hydrogens (tertiary/aromatic N) is 8. The van der Waals surface area contributed by atoms with Crippen LogP contribution < -0.4 is 9.13 Å². The molecule has 8 heteroatoms. The predicted octanol–water partition coefficient (Wildman–Crippen LogP) is 5.66. The summed E-state index contributed by atoms with van der Waals surface area (Å²) >= 11 is 0. The summed E-state index contributed by atoms with van der Waals surface area (Å²) < 4.78 is 9.55. The summed E-state index contributed by atoms with van der Waals surface area (Å²) in [5.41, 5.74) is 7.42. The van der Waals surface area contributed by atoms with E-state index in [-0.39, 0.29) is 0 Å². The zero-order chi connectivity index (χ0) is 29.1. The van der Waals surface area contributed by atoms with E-state index in [0.29, 0.717) is 0 Å². The zero-order valence-electron chi connectivity index (χ0n) is 24.8. The highest BCUT2D eigenvalue weighted by Gasteiger charge is 2.73. The van der Waals surface area contributed by atoms with Gasteiger partial charge in [0.1, 0.15) is 12.0 Å². The van der Waals surface area contributed by atoms with E-state index in [4.69, 9.17) is 20.1 Å². The van der Waals surface area contributed by atoms with Gasteiger partial charge in [-0.2, -0.15) is 18.9 Å². The molecule has 210 valence electrons. The maximum atomic E-state index is 5.26. The Morgan fingerprint density at radius 2 is 1.67 bits per heavy atom. The van der Waals surface area contributed by atoms with Gasteiger partial charge in [0.15, 0.2) is 17.4 Å². The van der Waals surface area contributed by atoms with Crippen LogP contribution in [0, 0.1) is 6.92 Å². The molecular weight excluding hydrogens is 532 g/mol. The lowest BCUT2D eigenvalue weighted by Crippen LogP contribution is -2.81. The lowest BCUT2D eigenvalue weighted by Gasteiger charge is -2.44. The quantitative estimate of drug-likeness (QED) is 0.260. The van der Waals surface area contributed by atoms with Gasteiger partial charge >= 0.3 is 5.65 Å². The number of pyridine rings is 2. The first kappa shape index (κ1) is 24.6. The van der Waals surface area contributed by atoms with Crippen molar-refractivity contribution in [3.63, 3.8) is 0 Å². The summed E-state index contributed by atoms with van der Waals surface area (Å²) in [4.78, 5) is 15.1. The number of fused-ring (bicyclic) bond motifs is 14. The number of benzene rings is 2. The van der Waals surface area contributed by atoms with Crippen molar-refractivity contribution < 1.29 is 9.13 Å². The van der Waals surface area contributed by atoms with Crippen LogP contribution >= 0.6 is 0 Å². The predicted molar refractivity (Wildman–Crippen MR) is 165 cm³/mol. The fourth-order valence-corrected chi connectivity index (χ4v) is 8.46. The SMILES string of the molecule is CCn1c2ccccc2c2cc3c(cc21)-c1cnc2cccnc2[n+]1C31n2nc(C)nc2-c2cccc[n+]2C1(CC)CC. The zero-order valence-corrected chi connectivity index (χ0v) is 24.8. The molecule has 7 heterocycles. The minimum Gasteiger partial charge on any atom is -0.341 e. The highest BCUT2D eigenvalue weighted by molar-refractivity contribution is 6.09. The number of hydrogen-bond acceptors (Lipinski definition) is 4. The maximum absolute atomic E-state index is 5.26. The summed E-state index contributed by atoms with van der Waals surface area (Å²) in [7, 11) is 0.